The molecular weight excluding hydrogens is 244 g/mol. The van der Waals surface area contributed by atoms with Crippen LogP contribution in [-0.4, -0.2) is 23.0 Å². The fraction of sp³-hybridized carbons (Fsp3) is 0.273. The molecule has 1 amide bonds. The number of hydrogen-bond donors (Lipinski definition) is 3. The van der Waals surface area contributed by atoms with Gasteiger partial charge in [0.25, 0.3) is 0 Å². The Hall–Kier alpha value is -1.59. The number of amides is 1. The molecule has 0 aliphatic heterocycles. The molecule has 0 aromatic heterocycles. The molecule has 6 heteroatoms. The van der Waals surface area contributed by atoms with Gasteiger partial charge in [0.15, 0.2) is 0 Å². The van der Waals surface area contributed by atoms with Gasteiger partial charge in [0.05, 0.1) is 0 Å². The number of carbonyl (C=O) groups excluding carboxylic acids is 1. The molecule has 5 nitrogen and oxygen atoms in total. The predicted octanol–water partition coefficient (Wildman–Crippen LogP) is 1.47. The molecule has 0 saturated heterocycles. The van der Waals surface area contributed by atoms with Crippen LogP contribution < -0.4 is 11.1 Å². The normalized spacial score (nSPS) is 11.9. The third kappa shape index (κ3) is 4.84. The minimum absolute atomic E-state index is 0.0656. The van der Waals surface area contributed by atoms with Crippen LogP contribution >= 0.6 is 11.6 Å². The quantitative estimate of drug-likeness (QED) is 0.744. The second-order valence-corrected chi connectivity index (χ2v) is 3.97. The van der Waals surface area contributed by atoms with E-state index in [9.17, 15) is 9.59 Å². The molecule has 1 aromatic rings. The molecule has 0 unspecified atom stereocenters. The second kappa shape index (κ2) is 6.22. The first-order valence-electron chi connectivity index (χ1n) is 5.03. The van der Waals surface area contributed by atoms with Gasteiger partial charge in [0, 0.05) is 17.1 Å². The lowest BCUT2D eigenvalue weighted by atomic mass is 10.1. The van der Waals surface area contributed by atoms with E-state index in [1.807, 2.05) is 0 Å². The summed E-state index contributed by atoms with van der Waals surface area (Å²) in [4.78, 5) is 21.9. The molecule has 4 N–H and O–H groups in total. The molecule has 0 heterocycles. The van der Waals surface area contributed by atoms with Crippen molar-refractivity contribution < 1.29 is 14.7 Å². The summed E-state index contributed by atoms with van der Waals surface area (Å²) >= 11 is 5.69. The highest BCUT2D eigenvalue weighted by molar-refractivity contribution is 6.30. The molecule has 92 valence electrons. The SMILES string of the molecule is N[C@@H](CCC(=O)Nc1ccc(Cl)cc1)C(=O)O. The van der Waals surface area contributed by atoms with Gasteiger partial charge in [0.2, 0.25) is 5.91 Å². The summed E-state index contributed by atoms with van der Waals surface area (Å²) in [7, 11) is 0. The number of carboxylic acid groups (broad SMARTS) is 1. The Morgan fingerprint density at radius 3 is 2.47 bits per heavy atom. The number of carbonyl (C=O) groups is 2. The highest BCUT2D eigenvalue weighted by atomic mass is 35.5. The van der Waals surface area contributed by atoms with Crippen molar-refractivity contribution in [1.82, 2.24) is 0 Å². The third-order valence-electron chi connectivity index (χ3n) is 2.13. The molecule has 0 radical (unpaired) electrons. The number of hydrogen-bond acceptors (Lipinski definition) is 3. The zero-order valence-electron chi connectivity index (χ0n) is 9.02. The number of aliphatic carboxylic acids is 1. The van der Waals surface area contributed by atoms with Crippen LogP contribution in [0.4, 0.5) is 5.69 Å². The first-order chi connectivity index (χ1) is 7.99. The maximum Gasteiger partial charge on any atom is 0.320 e. The Morgan fingerprint density at radius 1 is 1.35 bits per heavy atom. The van der Waals surface area contributed by atoms with E-state index >= 15 is 0 Å². The summed E-state index contributed by atoms with van der Waals surface area (Å²) in [6.45, 7) is 0. The number of nitrogens with two attached hydrogens (primary N) is 1. The van der Waals surface area contributed by atoms with Gasteiger partial charge in [-0.2, -0.15) is 0 Å². The predicted molar refractivity (Wildman–Crippen MR) is 64.9 cm³/mol. The lowest BCUT2D eigenvalue weighted by Crippen LogP contribution is -2.31. The van der Waals surface area contributed by atoms with Crippen LogP contribution in [0.5, 0.6) is 0 Å². The summed E-state index contributed by atoms with van der Waals surface area (Å²) in [6.07, 6.45) is 0.171. The zero-order valence-corrected chi connectivity index (χ0v) is 9.78. The molecule has 0 aliphatic rings. The van der Waals surface area contributed by atoms with Crippen LogP contribution in [0.2, 0.25) is 5.02 Å². The maximum atomic E-state index is 11.4. The topological polar surface area (TPSA) is 92.4 Å². The number of halogens is 1. The van der Waals surface area contributed by atoms with Gasteiger partial charge in [0.1, 0.15) is 6.04 Å². The standard InChI is InChI=1S/C11H13ClN2O3/c12-7-1-3-8(4-2-7)14-10(15)6-5-9(13)11(16)17/h1-4,9H,5-6,13H2,(H,14,15)(H,16,17)/t9-/m0/s1. The average molecular weight is 257 g/mol. The zero-order chi connectivity index (χ0) is 12.8. The minimum Gasteiger partial charge on any atom is -0.480 e. The van der Waals surface area contributed by atoms with Crippen LogP contribution in [0.15, 0.2) is 24.3 Å². The number of nitrogens with one attached hydrogen (secondary N) is 1. The fourth-order valence-corrected chi connectivity index (χ4v) is 1.29. The molecule has 0 saturated carbocycles. The van der Waals surface area contributed by atoms with Crippen LogP contribution in [0.3, 0.4) is 0 Å². The Balaban J connectivity index is 2.39. The van der Waals surface area contributed by atoms with Crippen molar-refractivity contribution in [2.75, 3.05) is 5.32 Å². The molecule has 1 rings (SSSR count). The number of benzene rings is 1. The second-order valence-electron chi connectivity index (χ2n) is 3.54. The maximum absolute atomic E-state index is 11.4. The van der Waals surface area contributed by atoms with Crippen molar-refractivity contribution in [3.8, 4) is 0 Å². The van der Waals surface area contributed by atoms with E-state index in [0.717, 1.165) is 0 Å². The monoisotopic (exact) mass is 256 g/mol. The van der Waals surface area contributed by atoms with E-state index in [1.54, 1.807) is 24.3 Å². The largest absolute Gasteiger partial charge is 0.480 e. The molecule has 17 heavy (non-hydrogen) atoms. The van der Waals surface area contributed by atoms with E-state index in [4.69, 9.17) is 22.4 Å². The molecule has 0 aliphatic carbocycles. The number of anilines is 1. The number of rotatable bonds is 5. The van der Waals surface area contributed by atoms with Crippen LogP contribution in [-0.2, 0) is 9.59 Å². The van der Waals surface area contributed by atoms with Crippen molar-refractivity contribution in [1.29, 1.82) is 0 Å². The summed E-state index contributed by atoms with van der Waals surface area (Å²) in [5.41, 5.74) is 5.90. The van der Waals surface area contributed by atoms with Gasteiger partial charge < -0.3 is 16.2 Å². The summed E-state index contributed by atoms with van der Waals surface area (Å²) in [5, 5.41) is 11.7. The summed E-state index contributed by atoms with van der Waals surface area (Å²) in [5.74, 6) is -1.38. The van der Waals surface area contributed by atoms with Gasteiger partial charge in [-0.3, -0.25) is 9.59 Å². The first-order valence-corrected chi connectivity index (χ1v) is 5.40. The van der Waals surface area contributed by atoms with Crippen molar-refractivity contribution in [2.45, 2.75) is 18.9 Å². The lowest BCUT2D eigenvalue weighted by Gasteiger charge is -2.07. The highest BCUT2D eigenvalue weighted by Gasteiger charge is 2.13. The summed E-state index contributed by atoms with van der Waals surface area (Å²) in [6, 6.07) is 5.63. The minimum atomic E-state index is -1.11. The molecule has 0 fully saturated rings. The molecule has 1 atom stereocenters. The first kappa shape index (κ1) is 13.5. The molecule has 0 spiro atoms. The fourth-order valence-electron chi connectivity index (χ4n) is 1.17. The van der Waals surface area contributed by atoms with Gasteiger partial charge in [-0.05, 0) is 30.7 Å². The Bertz CT molecular complexity index is 406. The van der Waals surface area contributed by atoms with E-state index in [0.29, 0.717) is 10.7 Å². The lowest BCUT2D eigenvalue weighted by molar-refractivity contribution is -0.138. The van der Waals surface area contributed by atoms with Crippen LogP contribution in [0.25, 0.3) is 0 Å². The third-order valence-corrected chi connectivity index (χ3v) is 2.38. The van der Waals surface area contributed by atoms with Crippen molar-refractivity contribution in [3.63, 3.8) is 0 Å². The van der Waals surface area contributed by atoms with Gasteiger partial charge in [-0.15, -0.1) is 0 Å². The summed E-state index contributed by atoms with van der Waals surface area (Å²) < 4.78 is 0. The Labute approximate surface area is 104 Å². The molecule has 0 bridgehead atoms. The van der Waals surface area contributed by atoms with E-state index in [-0.39, 0.29) is 18.7 Å². The van der Waals surface area contributed by atoms with Gasteiger partial charge in [-0.1, -0.05) is 11.6 Å². The molecular formula is C11H13ClN2O3. The van der Waals surface area contributed by atoms with E-state index in [1.165, 1.54) is 0 Å². The highest BCUT2D eigenvalue weighted by Crippen LogP contribution is 2.13. The van der Waals surface area contributed by atoms with Gasteiger partial charge >= 0.3 is 5.97 Å². The number of carboxylic acids is 1. The Kier molecular flexibility index (Phi) is 4.93. The van der Waals surface area contributed by atoms with Crippen LogP contribution in [0.1, 0.15) is 12.8 Å². The van der Waals surface area contributed by atoms with E-state index < -0.39 is 12.0 Å². The van der Waals surface area contributed by atoms with Crippen molar-refractivity contribution in [3.05, 3.63) is 29.3 Å². The van der Waals surface area contributed by atoms with Gasteiger partial charge in [-0.25, -0.2) is 0 Å². The van der Waals surface area contributed by atoms with Crippen molar-refractivity contribution >= 4 is 29.2 Å². The average Bonchev–Trinajstić information content (AvgIpc) is 2.29. The molecule has 1 aromatic carbocycles. The van der Waals surface area contributed by atoms with Crippen LogP contribution in [0, 0.1) is 0 Å². The van der Waals surface area contributed by atoms with Crippen molar-refractivity contribution in [2.24, 2.45) is 5.73 Å². The van der Waals surface area contributed by atoms with E-state index in [2.05, 4.69) is 5.32 Å². The smallest absolute Gasteiger partial charge is 0.320 e. The Morgan fingerprint density at radius 2 is 1.94 bits per heavy atom.